The Morgan fingerprint density at radius 1 is 1.27 bits per heavy atom. The highest BCUT2D eigenvalue weighted by atomic mass is 35.5. The number of amides is 3. The van der Waals surface area contributed by atoms with E-state index in [4.69, 9.17) is 11.6 Å². The highest BCUT2D eigenvalue weighted by Gasteiger charge is 2.60. The van der Waals surface area contributed by atoms with Gasteiger partial charge in [-0.25, -0.2) is 17.2 Å². The van der Waals surface area contributed by atoms with Gasteiger partial charge < -0.3 is 20.5 Å². The monoisotopic (exact) mass is 600 g/mol. The van der Waals surface area contributed by atoms with Crippen molar-refractivity contribution in [3.63, 3.8) is 0 Å². The number of H-pyrrole nitrogens is 1. The topological polar surface area (TPSA) is 128 Å². The minimum atomic E-state index is -4.27. The Bertz CT molecular complexity index is 1510. The fraction of sp³-hybridized carbons (Fsp3) is 0.500. The summed E-state index contributed by atoms with van der Waals surface area (Å²) in [4.78, 5) is 43.6. The molecule has 1 aromatic heterocycles. The summed E-state index contributed by atoms with van der Waals surface area (Å²) in [6.45, 7) is 0.359. The second-order valence-electron chi connectivity index (χ2n) is 10.7. The van der Waals surface area contributed by atoms with Gasteiger partial charge in [0.25, 0.3) is 11.8 Å². The van der Waals surface area contributed by atoms with E-state index < -0.39 is 69.1 Å². The highest BCUT2D eigenvalue weighted by Crippen LogP contribution is 2.49. The molecule has 4 heterocycles. The van der Waals surface area contributed by atoms with Crippen LogP contribution in [0.2, 0.25) is 5.02 Å². The number of aromatic amines is 1. The number of halogens is 4. The fourth-order valence-corrected chi connectivity index (χ4v) is 6.71. The summed E-state index contributed by atoms with van der Waals surface area (Å²) in [5.74, 6) is -7.37. The molecule has 3 N–H and O–H groups in total. The molecular formula is C26H28ClF3N4O5S. The SMILES string of the molecule is CS(=O)(=O)/C(F)=C\[C@H](C[C@H]1CCNC1=O)NC(=O)[C@@H]1[C@@H]2CC[C@@H](CC2(F)F)N1C(=O)c1cc2cccc(Cl)c2[nH]1. The summed E-state index contributed by atoms with van der Waals surface area (Å²) < 4.78 is 68.2. The van der Waals surface area contributed by atoms with Gasteiger partial charge in [0.05, 0.1) is 22.5 Å². The molecule has 0 unspecified atom stereocenters. The Morgan fingerprint density at radius 2 is 2.02 bits per heavy atom. The van der Waals surface area contributed by atoms with Crippen LogP contribution in [0.4, 0.5) is 13.2 Å². The number of hydrogen-bond acceptors (Lipinski definition) is 5. The quantitative estimate of drug-likeness (QED) is 0.449. The van der Waals surface area contributed by atoms with Crippen LogP contribution in [-0.4, -0.2) is 72.9 Å². The number of carbonyl (C=O) groups excluding carboxylic acids is 3. The molecule has 5 atom stereocenters. The number of nitrogens with one attached hydrogen (secondary N) is 3. The molecule has 3 amide bonds. The van der Waals surface area contributed by atoms with Crippen molar-refractivity contribution in [2.75, 3.05) is 12.8 Å². The van der Waals surface area contributed by atoms with Gasteiger partial charge >= 0.3 is 0 Å². The summed E-state index contributed by atoms with van der Waals surface area (Å²) in [6, 6.07) is 2.74. The number of aromatic nitrogens is 1. The lowest BCUT2D eigenvalue weighted by atomic mass is 9.71. The predicted octanol–water partition coefficient (Wildman–Crippen LogP) is 3.32. The molecule has 216 valence electrons. The molecule has 1 saturated carbocycles. The molecule has 3 saturated heterocycles. The van der Waals surface area contributed by atoms with Crippen molar-refractivity contribution >= 4 is 50.1 Å². The second-order valence-corrected chi connectivity index (χ2v) is 13.1. The first-order valence-corrected chi connectivity index (χ1v) is 15.2. The van der Waals surface area contributed by atoms with Gasteiger partial charge in [0, 0.05) is 36.6 Å². The zero-order valence-electron chi connectivity index (χ0n) is 21.4. The molecule has 4 fully saturated rings. The molecule has 4 aliphatic rings. The molecule has 1 aliphatic carbocycles. The van der Waals surface area contributed by atoms with E-state index in [2.05, 4.69) is 15.6 Å². The number of para-hydroxylation sites is 1. The second kappa shape index (κ2) is 10.4. The van der Waals surface area contributed by atoms with E-state index in [0.717, 1.165) is 4.90 Å². The third-order valence-electron chi connectivity index (χ3n) is 7.99. The lowest BCUT2D eigenvalue weighted by molar-refractivity contribution is -0.179. The van der Waals surface area contributed by atoms with Gasteiger partial charge in [-0.1, -0.05) is 23.7 Å². The van der Waals surface area contributed by atoms with Crippen molar-refractivity contribution in [1.82, 2.24) is 20.5 Å². The zero-order chi connectivity index (χ0) is 29.0. The maximum atomic E-state index is 15.1. The lowest BCUT2D eigenvalue weighted by Crippen LogP contribution is -2.68. The first-order chi connectivity index (χ1) is 18.8. The maximum absolute atomic E-state index is 15.1. The summed E-state index contributed by atoms with van der Waals surface area (Å²) in [7, 11) is -4.27. The van der Waals surface area contributed by atoms with E-state index in [0.29, 0.717) is 41.2 Å². The molecule has 1 aromatic carbocycles. The van der Waals surface area contributed by atoms with Crippen molar-refractivity contribution in [3.8, 4) is 0 Å². The van der Waals surface area contributed by atoms with Gasteiger partial charge in [0.15, 0.2) is 0 Å². The smallest absolute Gasteiger partial charge is 0.271 e. The third-order valence-corrected chi connectivity index (χ3v) is 9.15. The van der Waals surface area contributed by atoms with Crippen molar-refractivity contribution in [2.45, 2.75) is 56.2 Å². The molecule has 40 heavy (non-hydrogen) atoms. The van der Waals surface area contributed by atoms with Crippen LogP contribution in [0.5, 0.6) is 0 Å². The number of nitrogens with zero attached hydrogens (tertiary/aromatic N) is 1. The van der Waals surface area contributed by atoms with E-state index >= 15 is 8.78 Å². The van der Waals surface area contributed by atoms with Crippen LogP contribution in [0.1, 0.15) is 42.6 Å². The van der Waals surface area contributed by atoms with Crippen LogP contribution in [0.25, 0.3) is 10.9 Å². The van der Waals surface area contributed by atoms with Gasteiger partial charge in [-0.15, -0.1) is 0 Å². The number of hydrogen-bond donors (Lipinski definition) is 3. The van der Waals surface area contributed by atoms with E-state index in [1.807, 2.05) is 0 Å². The van der Waals surface area contributed by atoms with Crippen molar-refractivity contribution < 1.29 is 36.0 Å². The number of piperidine rings is 2. The van der Waals surface area contributed by atoms with Crippen molar-refractivity contribution in [3.05, 3.63) is 46.2 Å². The summed E-state index contributed by atoms with van der Waals surface area (Å²) >= 11 is 6.22. The van der Waals surface area contributed by atoms with Crippen LogP contribution < -0.4 is 10.6 Å². The largest absolute Gasteiger partial charge is 0.356 e. The number of rotatable bonds is 7. The number of fused-ring (bicyclic) bond motifs is 4. The molecule has 3 aliphatic heterocycles. The van der Waals surface area contributed by atoms with E-state index in [1.165, 1.54) is 6.07 Å². The average molecular weight is 601 g/mol. The number of carbonyl (C=O) groups is 3. The first-order valence-electron chi connectivity index (χ1n) is 12.9. The maximum Gasteiger partial charge on any atom is 0.271 e. The Balaban J connectivity index is 1.48. The average Bonchev–Trinajstić information content (AvgIpc) is 3.49. The number of alkyl halides is 2. The third kappa shape index (κ3) is 5.32. The molecule has 14 heteroatoms. The van der Waals surface area contributed by atoms with Crippen molar-refractivity contribution in [2.24, 2.45) is 11.8 Å². The van der Waals surface area contributed by atoms with Crippen LogP contribution >= 0.6 is 11.6 Å². The molecule has 0 radical (unpaired) electrons. The molecule has 2 bridgehead atoms. The first kappa shape index (κ1) is 28.5. The summed E-state index contributed by atoms with van der Waals surface area (Å²) in [5.41, 5.74) is 0.552. The van der Waals surface area contributed by atoms with Crippen LogP contribution in [-0.2, 0) is 19.4 Å². The van der Waals surface area contributed by atoms with Crippen molar-refractivity contribution in [1.29, 1.82) is 0 Å². The van der Waals surface area contributed by atoms with Gasteiger partial charge in [-0.3, -0.25) is 14.4 Å². The van der Waals surface area contributed by atoms with E-state index in [9.17, 15) is 27.2 Å². The number of sulfone groups is 1. The standard InChI is InChI=1S/C26H28ClF3N4O5S/c1-40(38,39)20(28)11-15(9-14-7-8-31-23(14)35)32-24(36)22-17-6-5-16(12-26(17,29)30)34(22)25(37)19-10-13-3-2-4-18(27)21(13)33-19/h2-4,10-11,14-17,22,33H,5-9,12H2,1H3,(H,31,35)(H,32,36)/b20-11-/t14-,15+,16+,17+,22+/m1/s1. The molecule has 9 nitrogen and oxygen atoms in total. The molecular weight excluding hydrogens is 573 g/mol. The van der Waals surface area contributed by atoms with E-state index in [-0.39, 0.29) is 30.9 Å². The lowest BCUT2D eigenvalue weighted by Gasteiger charge is -2.53. The minimum absolute atomic E-state index is 0.0126. The minimum Gasteiger partial charge on any atom is -0.356 e. The van der Waals surface area contributed by atoms with Gasteiger partial charge in [0.2, 0.25) is 26.8 Å². The normalized spacial score (nSPS) is 27.1. The number of benzene rings is 1. The molecule has 6 rings (SSSR count). The summed E-state index contributed by atoms with van der Waals surface area (Å²) in [5, 5.41) is 4.55. The highest BCUT2D eigenvalue weighted by molar-refractivity contribution is 7.94. The Hall–Kier alpha value is -3.06. The van der Waals surface area contributed by atoms with Gasteiger partial charge in [-0.2, -0.15) is 4.39 Å². The Kier molecular flexibility index (Phi) is 7.40. The predicted molar refractivity (Wildman–Crippen MR) is 141 cm³/mol. The molecule has 2 aromatic rings. The van der Waals surface area contributed by atoms with Gasteiger partial charge in [-0.05, 0) is 43.9 Å². The van der Waals surface area contributed by atoms with Crippen LogP contribution in [0.3, 0.4) is 0 Å². The summed E-state index contributed by atoms with van der Waals surface area (Å²) in [6.07, 6.45) is 1.19. The Morgan fingerprint density at radius 3 is 2.65 bits per heavy atom. The Labute approximate surface area is 233 Å². The zero-order valence-corrected chi connectivity index (χ0v) is 23.0. The molecule has 0 spiro atoms. The van der Waals surface area contributed by atoms with Gasteiger partial charge in [0.1, 0.15) is 11.7 Å². The van der Waals surface area contributed by atoms with E-state index in [1.54, 1.807) is 18.2 Å². The fourth-order valence-electron chi connectivity index (χ4n) is 6.07. The van der Waals surface area contributed by atoms with Crippen LogP contribution in [0, 0.1) is 11.8 Å². The van der Waals surface area contributed by atoms with Crippen LogP contribution in [0.15, 0.2) is 35.5 Å².